The molecule has 0 atom stereocenters. The van der Waals surface area contributed by atoms with E-state index in [2.05, 4.69) is 16.4 Å². The zero-order chi connectivity index (χ0) is 19.4. The maximum atomic E-state index is 9.95. The summed E-state index contributed by atoms with van der Waals surface area (Å²) in [5, 5.41) is 23.4. The van der Waals surface area contributed by atoms with Gasteiger partial charge in [0, 0.05) is 29.4 Å². The molecule has 1 aromatic heterocycles. The topological polar surface area (TPSA) is 87.4 Å². The second-order valence-corrected chi connectivity index (χ2v) is 6.22. The minimum absolute atomic E-state index is 0.172. The van der Waals surface area contributed by atoms with Crippen molar-refractivity contribution in [2.75, 3.05) is 24.9 Å². The van der Waals surface area contributed by atoms with Crippen LogP contribution in [0.4, 0.5) is 11.4 Å². The monoisotopic (exact) mass is 383 g/mol. The predicted octanol–water partition coefficient (Wildman–Crippen LogP) is 4.49. The molecule has 6 nitrogen and oxygen atoms in total. The number of nitrogens with zero attached hydrogens (tertiary/aromatic N) is 2. The first-order chi connectivity index (χ1) is 13.1. The maximum absolute atomic E-state index is 9.95. The van der Waals surface area contributed by atoms with E-state index < -0.39 is 0 Å². The minimum atomic E-state index is 0.172. The van der Waals surface area contributed by atoms with Crippen LogP contribution in [0.15, 0.2) is 36.5 Å². The number of halogens is 1. The highest BCUT2D eigenvalue weighted by Gasteiger charge is 2.15. The molecule has 0 aliphatic rings. The van der Waals surface area contributed by atoms with Crippen molar-refractivity contribution in [1.29, 1.82) is 5.26 Å². The lowest BCUT2D eigenvalue weighted by Crippen LogP contribution is -2.02. The summed E-state index contributed by atoms with van der Waals surface area (Å²) < 4.78 is 11.0. The number of methoxy groups -OCH3 is 1. The molecule has 0 aliphatic carbocycles. The lowest BCUT2D eigenvalue weighted by atomic mass is 10.1. The molecule has 3 rings (SSSR count). The van der Waals surface area contributed by atoms with Gasteiger partial charge in [0.2, 0.25) is 0 Å². The van der Waals surface area contributed by atoms with Crippen molar-refractivity contribution in [3.63, 3.8) is 0 Å². The molecule has 0 radical (unpaired) electrons. The highest BCUT2D eigenvalue weighted by Crippen LogP contribution is 2.37. The standard InChI is InChI=1S/C20H18ClN3O3/c1-12-3-4-14(7-17(12)25)24-20-13(10-22)11-23-16-9-19(27-6-5-21)18(26-2)8-15(16)20/h3-4,7-9,11,25H,5-6H2,1-2H3,(H,23,24). The summed E-state index contributed by atoms with van der Waals surface area (Å²) in [4.78, 5) is 4.35. The second kappa shape index (κ2) is 8.02. The Morgan fingerprint density at radius 3 is 2.74 bits per heavy atom. The van der Waals surface area contributed by atoms with Crippen LogP contribution >= 0.6 is 11.6 Å². The number of benzene rings is 2. The highest BCUT2D eigenvalue weighted by atomic mass is 35.5. The first-order valence-electron chi connectivity index (χ1n) is 8.23. The fraction of sp³-hybridized carbons (Fsp3) is 0.200. The first kappa shape index (κ1) is 18.6. The Labute approximate surface area is 161 Å². The predicted molar refractivity (Wildman–Crippen MR) is 105 cm³/mol. The summed E-state index contributed by atoms with van der Waals surface area (Å²) in [5.41, 5.74) is 3.01. The minimum Gasteiger partial charge on any atom is -0.508 e. The molecule has 0 spiro atoms. The summed E-state index contributed by atoms with van der Waals surface area (Å²) in [6.45, 7) is 2.16. The van der Waals surface area contributed by atoms with Gasteiger partial charge >= 0.3 is 0 Å². The molecule has 7 heteroatoms. The van der Waals surface area contributed by atoms with Crippen LogP contribution in [0, 0.1) is 18.3 Å². The Bertz CT molecular complexity index is 1030. The van der Waals surface area contributed by atoms with E-state index in [-0.39, 0.29) is 5.75 Å². The number of fused-ring (bicyclic) bond motifs is 1. The zero-order valence-electron chi connectivity index (χ0n) is 14.9. The van der Waals surface area contributed by atoms with Crippen LogP contribution in [-0.4, -0.2) is 29.7 Å². The molecule has 138 valence electrons. The van der Waals surface area contributed by atoms with Gasteiger partial charge in [-0.1, -0.05) is 6.07 Å². The number of aromatic hydroxyl groups is 1. The number of ether oxygens (including phenoxy) is 2. The molecule has 3 aromatic rings. The van der Waals surface area contributed by atoms with Crippen LogP contribution in [0.1, 0.15) is 11.1 Å². The van der Waals surface area contributed by atoms with E-state index in [9.17, 15) is 10.4 Å². The average molecular weight is 384 g/mol. The van der Waals surface area contributed by atoms with Crippen LogP contribution in [0.3, 0.4) is 0 Å². The van der Waals surface area contributed by atoms with Crippen molar-refractivity contribution in [2.24, 2.45) is 0 Å². The van der Waals surface area contributed by atoms with Gasteiger partial charge in [-0.3, -0.25) is 4.98 Å². The van der Waals surface area contributed by atoms with Crippen molar-refractivity contribution in [1.82, 2.24) is 4.98 Å². The van der Waals surface area contributed by atoms with Gasteiger partial charge < -0.3 is 19.9 Å². The van der Waals surface area contributed by atoms with Gasteiger partial charge in [-0.15, -0.1) is 11.6 Å². The van der Waals surface area contributed by atoms with Gasteiger partial charge in [0.05, 0.1) is 29.8 Å². The Balaban J connectivity index is 2.14. The number of aromatic nitrogens is 1. The third-order valence-electron chi connectivity index (χ3n) is 4.09. The Morgan fingerprint density at radius 2 is 2.07 bits per heavy atom. The van der Waals surface area contributed by atoms with E-state index in [0.29, 0.717) is 51.8 Å². The van der Waals surface area contributed by atoms with Crippen LogP contribution in [0.25, 0.3) is 10.9 Å². The number of hydrogen-bond acceptors (Lipinski definition) is 6. The molecule has 0 saturated carbocycles. The molecule has 0 unspecified atom stereocenters. The number of nitriles is 1. The van der Waals surface area contributed by atoms with E-state index in [4.69, 9.17) is 21.1 Å². The number of hydrogen-bond donors (Lipinski definition) is 2. The largest absolute Gasteiger partial charge is 0.508 e. The van der Waals surface area contributed by atoms with Gasteiger partial charge in [-0.2, -0.15) is 5.26 Å². The maximum Gasteiger partial charge on any atom is 0.163 e. The quantitative estimate of drug-likeness (QED) is 0.610. The van der Waals surface area contributed by atoms with Gasteiger partial charge in [-0.05, 0) is 24.6 Å². The number of nitrogens with one attached hydrogen (secondary N) is 1. The molecule has 27 heavy (non-hydrogen) atoms. The van der Waals surface area contributed by atoms with Crippen molar-refractivity contribution in [3.05, 3.63) is 47.7 Å². The number of anilines is 2. The van der Waals surface area contributed by atoms with E-state index in [0.717, 1.165) is 5.56 Å². The summed E-state index contributed by atoms with van der Waals surface area (Å²) in [6.07, 6.45) is 1.50. The number of phenolic OH excluding ortho intramolecular Hbond substituents is 1. The summed E-state index contributed by atoms with van der Waals surface area (Å²) in [7, 11) is 1.54. The molecule has 0 bridgehead atoms. The molecule has 2 N–H and O–H groups in total. The van der Waals surface area contributed by atoms with Crippen molar-refractivity contribution in [2.45, 2.75) is 6.92 Å². The molecule has 2 aromatic carbocycles. The Kier molecular flexibility index (Phi) is 5.53. The second-order valence-electron chi connectivity index (χ2n) is 5.84. The van der Waals surface area contributed by atoms with Crippen molar-refractivity contribution >= 4 is 33.9 Å². The van der Waals surface area contributed by atoms with Crippen molar-refractivity contribution < 1.29 is 14.6 Å². The number of pyridine rings is 1. The first-order valence-corrected chi connectivity index (χ1v) is 8.77. The Hall–Kier alpha value is -3.17. The smallest absolute Gasteiger partial charge is 0.163 e. The normalized spacial score (nSPS) is 10.4. The van der Waals surface area contributed by atoms with Crippen LogP contribution in [0.5, 0.6) is 17.2 Å². The third-order valence-corrected chi connectivity index (χ3v) is 4.24. The van der Waals surface area contributed by atoms with E-state index >= 15 is 0 Å². The highest BCUT2D eigenvalue weighted by molar-refractivity contribution is 6.18. The molecule has 0 aliphatic heterocycles. The fourth-order valence-electron chi connectivity index (χ4n) is 2.67. The number of aryl methyl sites for hydroxylation is 1. The van der Waals surface area contributed by atoms with E-state index in [1.54, 1.807) is 31.4 Å². The molecule has 0 amide bonds. The van der Waals surface area contributed by atoms with Gasteiger partial charge in [-0.25, -0.2) is 0 Å². The molecule has 1 heterocycles. The van der Waals surface area contributed by atoms with Gasteiger partial charge in [0.15, 0.2) is 11.5 Å². The summed E-state index contributed by atoms with van der Waals surface area (Å²) in [5.74, 6) is 1.57. The Morgan fingerprint density at radius 1 is 1.26 bits per heavy atom. The number of rotatable bonds is 6. The van der Waals surface area contributed by atoms with Crippen molar-refractivity contribution in [3.8, 4) is 23.3 Å². The number of phenols is 1. The molecular weight excluding hydrogens is 366 g/mol. The summed E-state index contributed by atoms with van der Waals surface area (Å²) in [6, 6.07) is 10.9. The van der Waals surface area contributed by atoms with Gasteiger partial charge in [0.1, 0.15) is 18.4 Å². The van der Waals surface area contributed by atoms with Crippen LogP contribution < -0.4 is 14.8 Å². The average Bonchev–Trinajstić information content (AvgIpc) is 2.68. The van der Waals surface area contributed by atoms with E-state index in [1.807, 2.05) is 13.0 Å². The lowest BCUT2D eigenvalue weighted by Gasteiger charge is -2.15. The number of alkyl halides is 1. The molecule has 0 fully saturated rings. The molecular formula is C20H18ClN3O3. The van der Waals surface area contributed by atoms with E-state index in [1.165, 1.54) is 6.20 Å². The molecule has 0 saturated heterocycles. The lowest BCUT2D eigenvalue weighted by molar-refractivity contribution is 0.313. The SMILES string of the molecule is COc1cc2c(Nc3ccc(C)c(O)c3)c(C#N)cnc2cc1OCCCl. The third kappa shape index (κ3) is 3.83. The van der Waals surface area contributed by atoms with Gasteiger partial charge in [0.25, 0.3) is 0 Å². The zero-order valence-corrected chi connectivity index (χ0v) is 15.7. The van der Waals surface area contributed by atoms with Crippen LogP contribution in [-0.2, 0) is 0 Å². The summed E-state index contributed by atoms with van der Waals surface area (Å²) >= 11 is 5.70. The van der Waals surface area contributed by atoms with Crippen LogP contribution in [0.2, 0.25) is 0 Å². The fourth-order valence-corrected chi connectivity index (χ4v) is 2.75.